The molecule has 2 aromatic rings. The molecule has 2 aromatic carbocycles. The summed E-state index contributed by atoms with van der Waals surface area (Å²) in [5.41, 5.74) is 10.9. The van der Waals surface area contributed by atoms with E-state index in [0.29, 0.717) is 11.3 Å². The zero-order chi connectivity index (χ0) is 19.6. The first kappa shape index (κ1) is 20.3. The highest BCUT2D eigenvalue weighted by Gasteiger charge is 2.22. The van der Waals surface area contributed by atoms with Crippen LogP contribution >= 0.6 is 15.9 Å². The highest BCUT2D eigenvalue weighted by atomic mass is 79.9. The molecule has 26 heavy (non-hydrogen) atoms. The summed E-state index contributed by atoms with van der Waals surface area (Å²) in [5.74, 6) is -0.146. The second-order valence-electron chi connectivity index (χ2n) is 7.24. The number of amides is 1. The number of benzene rings is 2. The highest BCUT2D eigenvalue weighted by molar-refractivity contribution is 9.10. The van der Waals surface area contributed by atoms with E-state index in [2.05, 4.69) is 53.8 Å². The van der Waals surface area contributed by atoms with Crippen LogP contribution in [0.3, 0.4) is 0 Å². The van der Waals surface area contributed by atoms with Gasteiger partial charge in [0.2, 0.25) is 0 Å². The van der Waals surface area contributed by atoms with Crippen molar-refractivity contribution in [3.63, 3.8) is 0 Å². The summed E-state index contributed by atoms with van der Waals surface area (Å²) >= 11 is 3.49. The lowest BCUT2D eigenvalue weighted by Crippen LogP contribution is -2.38. The Hall–Kier alpha value is -2.01. The van der Waals surface area contributed by atoms with Gasteiger partial charge in [0.15, 0.2) is 0 Å². The average molecular weight is 418 g/mol. The molecule has 0 spiro atoms. The van der Waals surface area contributed by atoms with Crippen molar-refractivity contribution in [1.82, 2.24) is 0 Å². The van der Waals surface area contributed by atoms with Gasteiger partial charge in [0.1, 0.15) is 0 Å². The second-order valence-corrected chi connectivity index (χ2v) is 8.16. The van der Waals surface area contributed by atoms with E-state index < -0.39 is 0 Å². The van der Waals surface area contributed by atoms with Crippen LogP contribution < -0.4 is 16.0 Å². The first-order valence-electron chi connectivity index (χ1n) is 8.87. The Bertz CT molecular complexity index is 784. The molecule has 0 aliphatic carbocycles. The van der Waals surface area contributed by atoms with E-state index in [4.69, 9.17) is 5.73 Å². The highest BCUT2D eigenvalue weighted by Crippen LogP contribution is 2.30. The minimum atomic E-state index is -0.146. The van der Waals surface area contributed by atoms with Crippen molar-refractivity contribution >= 4 is 38.9 Å². The van der Waals surface area contributed by atoms with Crippen molar-refractivity contribution in [2.45, 2.75) is 53.6 Å². The van der Waals surface area contributed by atoms with E-state index in [1.807, 2.05) is 38.1 Å². The summed E-state index contributed by atoms with van der Waals surface area (Å²) in [6.07, 6.45) is 0. The molecule has 0 saturated carbocycles. The molecule has 3 N–H and O–H groups in total. The van der Waals surface area contributed by atoms with Gasteiger partial charge < -0.3 is 16.0 Å². The number of hydrogen-bond acceptors (Lipinski definition) is 3. The van der Waals surface area contributed by atoms with Gasteiger partial charge in [-0.15, -0.1) is 0 Å². The van der Waals surface area contributed by atoms with Crippen LogP contribution in [0.1, 0.15) is 49.2 Å². The fourth-order valence-electron chi connectivity index (χ4n) is 3.40. The number of rotatable bonds is 5. The topological polar surface area (TPSA) is 58.4 Å². The molecule has 5 heteroatoms. The smallest absolute Gasteiger partial charge is 0.257 e. The van der Waals surface area contributed by atoms with Gasteiger partial charge >= 0.3 is 0 Å². The third-order valence-electron chi connectivity index (χ3n) is 4.39. The average Bonchev–Trinajstić information content (AvgIpc) is 2.51. The zero-order valence-electron chi connectivity index (χ0n) is 16.4. The van der Waals surface area contributed by atoms with Gasteiger partial charge in [-0.1, -0.05) is 15.9 Å². The molecule has 0 aliphatic rings. The van der Waals surface area contributed by atoms with Gasteiger partial charge in [0.25, 0.3) is 5.91 Å². The number of nitrogens with zero attached hydrogens (tertiary/aromatic N) is 1. The predicted molar refractivity (Wildman–Crippen MR) is 115 cm³/mol. The van der Waals surface area contributed by atoms with Crippen molar-refractivity contribution < 1.29 is 4.79 Å². The molecule has 0 aliphatic heterocycles. The van der Waals surface area contributed by atoms with Gasteiger partial charge in [-0.2, -0.15) is 0 Å². The zero-order valence-corrected chi connectivity index (χ0v) is 17.9. The van der Waals surface area contributed by atoms with Crippen molar-refractivity contribution in [3.05, 3.63) is 51.5 Å². The summed E-state index contributed by atoms with van der Waals surface area (Å²) in [4.78, 5) is 15.4. The van der Waals surface area contributed by atoms with E-state index in [1.165, 1.54) is 0 Å². The normalized spacial score (nSPS) is 11.1. The summed E-state index contributed by atoms with van der Waals surface area (Å²) in [7, 11) is 0. The summed E-state index contributed by atoms with van der Waals surface area (Å²) < 4.78 is 1.00. The molecule has 0 saturated heterocycles. The molecule has 0 unspecified atom stereocenters. The Morgan fingerprint density at radius 3 is 2.08 bits per heavy atom. The van der Waals surface area contributed by atoms with Crippen molar-refractivity contribution in [2.75, 3.05) is 16.0 Å². The van der Waals surface area contributed by atoms with E-state index >= 15 is 0 Å². The molecule has 1 amide bonds. The Labute approximate surface area is 164 Å². The van der Waals surface area contributed by atoms with Crippen LogP contribution in [-0.4, -0.2) is 18.0 Å². The summed E-state index contributed by atoms with van der Waals surface area (Å²) in [6.45, 7) is 12.5. The monoisotopic (exact) mass is 417 g/mol. The molecular weight excluding hydrogens is 390 g/mol. The largest absolute Gasteiger partial charge is 0.399 e. The van der Waals surface area contributed by atoms with Crippen molar-refractivity contribution in [2.24, 2.45) is 0 Å². The number of carbonyl (C=O) groups excluding carboxylic acids is 1. The number of nitrogens with one attached hydrogen (secondary N) is 1. The standard InChI is InChI=1S/C21H28BrN3O/c1-12(2)25(13(3)4)19-8-7-17(23)11-18(19)21(26)24-20-14(5)9-16(22)10-15(20)6/h7-13H,23H2,1-6H3,(H,24,26). The first-order chi connectivity index (χ1) is 12.1. The Balaban J connectivity index is 2.48. The molecule has 0 atom stereocenters. The van der Waals surface area contributed by atoms with Crippen LogP contribution in [0.25, 0.3) is 0 Å². The number of halogens is 1. The van der Waals surface area contributed by atoms with Gasteiger partial charge in [-0.05, 0) is 83.0 Å². The third-order valence-corrected chi connectivity index (χ3v) is 4.85. The fraction of sp³-hybridized carbons (Fsp3) is 0.381. The van der Waals surface area contributed by atoms with Crippen LogP contribution in [0, 0.1) is 13.8 Å². The third kappa shape index (κ3) is 4.39. The van der Waals surface area contributed by atoms with Gasteiger partial charge in [-0.25, -0.2) is 0 Å². The van der Waals surface area contributed by atoms with Crippen LogP contribution in [0.15, 0.2) is 34.8 Å². The molecule has 2 rings (SSSR count). The van der Waals surface area contributed by atoms with Crippen LogP contribution in [-0.2, 0) is 0 Å². The maximum absolute atomic E-state index is 13.1. The molecule has 0 aromatic heterocycles. The second kappa shape index (κ2) is 8.12. The van der Waals surface area contributed by atoms with Crippen molar-refractivity contribution in [1.29, 1.82) is 0 Å². The number of aryl methyl sites for hydroxylation is 2. The Morgan fingerprint density at radius 1 is 1.04 bits per heavy atom. The lowest BCUT2D eigenvalue weighted by Gasteiger charge is -2.34. The fourth-order valence-corrected chi connectivity index (χ4v) is 4.09. The quantitative estimate of drug-likeness (QED) is 0.629. The molecule has 0 heterocycles. The molecule has 140 valence electrons. The minimum absolute atomic E-state index is 0.146. The molecule has 0 fully saturated rings. The van der Waals surface area contributed by atoms with Gasteiger partial charge in [0, 0.05) is 27.9 Å². The lowest BCUT2D eigenvalue weighted by atomic mass is 10.0. The minimum Gasteiger partial charge on any atom is -0.399 e. The maximum atomic E-state index is 13.1. The number of nitrogens with two attached hydrogens (primary N) is 1. The number of hydrogen-bond donors (Lipinski definition) is 2. The summed E-state index contributed by atoms with van der Waals surface area (Å²) in [6, 6.07) is 10.1. The van der Waals surface area contributed by atoms with Gasteiger partial charge in [0.05, 0.1) is 11.3 Å². The van der Waals surface area contributed by atoms with E-state index in [-0.39, 0.29) is 18.0 Å². The lowest BCUT2D eigenvalue weighted by molar-refractivity contribution is 0.102. The molecule has 0 radical (unpaired) electrons. The van der Waals surface area contributed by atoms with Crippen molar-refractivity contribution in [3.8, 4) is 0 Å². The SMILES string of the molecule is Cc1cc(Br)cc(C)c1NC(=O)c1cc(N)ccc1N(C(C)C)C(C)C. The molecule has 0 bridgehead atoms. The number of carbonyl (C=O) groups is 1. The van der Waals surface area contributed by atoms with Gasteiger partial charge in [-0.3, -0.25) is 4.79 Å². The van der Waals surface area contributed by atoms with E-state index in [0.717, 1.165) is 27.0 Å². The predicted octanol–water partition coefficient (Wildman–Crippen LogP) is 5.52. The first-order valence-corrected chi connectivity index (χ1v) is 9.67. The van der Waals surface area contributed by atoms with Crippen LogP contribution in [0.2, 0.25) is 0 Å². The number of nitrogen functional groups attached to an aromatic ring is 1. The van der Waals surface area contributed by atoms with Crippen LogP contribution in [0.4, 0.5) is 17.1 Å². The maximum Gasteiger partial charge on any atom is 0.257 e. The van der Waals surface area contributed by atoms with E-state index in [1.54, 1.807) is 6.07 Å². The molecule has 4 nitrogen and oxygen atoms in total. The molecular formula is C21H28BrN3O. The Kier molecular flexibility index (Phi) is 6.34. The number of anilines is 3. The van der Waals surface area contributed by atoms with E-state index in [9.17, 15) is 4.79 Å². The van der Waals surface area contributed by atoms with Crippen LogP contribution in [0.5, 0.6) is 0 Å². The Morgan fingerprint density at radius 2 is 1.58 bits per heavy atom. The summed E-state index contributed by atoms with van der Waals surface area (Å²) in [5, 5.41) is 3.08.